The van der Waals surface area contributed by atoms with Crippen molar-refractivity contribution >= 4 is 17.3 Å². The minimum Gasteiger partial charge on any atom is -0.392 e. The zero-order chi connectivity index (χ0) is 17.8. The van der Waals surface area contributed by atoms with Gasteiger partial charge in [-0.3, -0.25) is 4.79 Å². The summed E-state index contributed by atoms with van der Waals surface area (Å²) in [6.07, 6.45) is 3.11. The highest BCUT2D eigenvalue weighted by molar-refractivity contribution is 5.91. The van der Waals surface area contributed by atoms with Crippen LogP contribution in [0.25, 0.3) is 0 Å². The molecule has 2 fully saturated rings. The second-order valence-electron chi connectivity index (χ2n) is 6.75. The Kier molecular flexibility index (Phi) is 5.86. The van der Waals surface area contributed by atoms with E-state index in [4.69, 9.17) is 4.74 Å². The number of morpholine rings is 1. The topological polar surface area (TPSA) is 61.8 Å². The molecular formula is C18H24F2N2O3. The lowest BCUT2D eigenvalue weighted by Crippen LogP contribution is -2.36. The molecule has 1 heterocycles. The van der Waals surface area contributed by atoms with Crippen molar-refractivity contribution in [3.05, 3.63) is 23.8 Å². The molecule has 0 bridgehead atoms. The van der Waals surface area contributed by atoms with E-state index < -0.39 is 23.6 Å². The van der Waals surface area contributed by atoms with Gasteiger partial charge in [0.05, 0.1) is 37.1 Å². The first-order valence-corrected chi connectivity index (χ1v) is 8.84. The molecular weight excluding hydrogens is 330 g/mol. The van der Waals surface area contributed by atoms with E-state index in [1.165, 1.54) is 0 Å². The van der Waals surface area contributed by atoms with Gasteiger partial charge in [-0.15, -0.1) is 0 Å². The van der Waals surface area contributed by atoms with Gasteiger partial charge < -0.3 is 20.1 Å². The number of hydrogen-bond donors (Lipinski definition) is 2. The number of amides is 1. The first-order valence-electron chi connectivity index (χ1n) is 8.84. The number of carbonyl (C=O) groups excluding carboxylic acids is 1. The Balaban J connectivity index is 1.63. The van der Waals surface area contributed by atoms with Crippen molar-refractivity contribution in [2.24, 2.45) is 5.92 Å². The van der Waals surface area contributed by atoms with E-state index in [1.54, 1.807) is 4.90 Å². The number of carbonyl (C=O) groups is 1. The number of aliphatic hydroxyl groups excluding tert-OH is 1. The third-order valence-electron chi connectivity index (χ3n) is 5.00. The van der Waals surface area contributed by atoms with Crippen LogP contribution in [-0.4, -0.2) is 43.4 Å². The number of rotatable bonds is 5. The zero-order valence-electron chi connectivity index (χ0n) is 14.1. The number of halogens is 2. The van der Waals surface area contributed by atoms with E-state index in [-0.39, 0.29) is 23.7 Å². The summed E-state index contributed by atoms with van der Waals surface area (Å²) in [5.41, 5.74) is -0.0251. The van der Waals surface area contributed by atoms with Crippen LogP contribution in [0.4, 0.5) is 20.2 Å². The maximum Gasteiger partial charge on any atom is 0.227 e. The molecule has 7 heteroatoms. The Morgan fingerprint density at radius 1 is 1.24 bits per heavy atom. The van der Waals surface area contributed by atoms with Crippen molar-refractivity contribution in [1.29, 1.82) is 0 Å². The fourth-order valence-corrected chi connectivity index (χ4v) is 3.58. The van der Waals surface area contributed by atoms with Crippen LogP contribution in [0.5, 0.6) is 0 Å². The molecule has 0 aromatic heterocycles. The number of nitrogens with zero attached hydrogens (tertiary/aromatic N) is 1. The van der Waals surface area contributed by atoms with Crippen molar-refractivity contribution in [1.82, 2.24) is 0 Å². The molecule has 1 saturated heterocycles. The van der Waals surface area contributed by atoms with Crippen LogP contribution in [0.3, 0.4) is 0 Å². The summed E-state index contributed by atoms with van der Waals surface area (Å²) < 4.78 is 33.8. The molecule has 2 aliphatic rings. The summed E-state index contributed by atoms with van der Waals surface area (Å²) in [5, 5.41) is 12.5. The maximum atomic E-state index is 14.3. The summed E-state index contributed by atoms with van der Waals surface area (Å²) in [7, 11) is 0. The van der Waals surface area contributed by atoms with E-state index in [0.29, 0.717) is 26.3 Å². The minimum atomic E-state index is -0.733. The lowest BCUT2D eigenvalue weighted by atomic mass is 9.98. The van der Waals surface area contributed by atoms with Crippen molar-refractivity contribution in [3.8, 4) is 0 Å². The Bertz CT molecular complexity index is 615. The predicted molar refractivity (Wildman–Crippen MR) is 90.6 cm³/mol. The first kappa shape index (κ1) is 18.1. The number of benzene rings is 1. The highest BCUT2D eigenvalue weighted by Gasteiger charge is 2.26. The minimum absolute atomic E-state index is 0.100. The normalized spacial score (nSPS) is 19.9. The number of ether oxygens (including phenoxy) is 1. The quantitative estimate of drug-likeness (QED) is 0.853. The standard InChI is InChI=1S/C18H24F2N2O3/c19-13-10-16(22-5-7-25-8-6-22)14(20)9-15(13)21-18(24)11-17(23)12-3-1-2-4-12/h9-10,12,17,23H,1-8,11H2,(H,21,24). The Labute approximate surface area is 146 Å². The third-order valence-corrected chi connectivity index (χ3v) is 5.00. The molecule has 25 heavy (non-hydrogen) atoms. The number of nitrogens with one attached hydrogen (secondary N) is 1. The van der Waals surface area contributed by atoms with Gasteiger partial charge in [-0.2, -0.15) is 0 Å². The molecule has 3 rings (SSSR count). The Morgan fingerprint density at radius 3 is 2.60 bits per heavy atom. The van der Waals surface area contributed by atoms with E-state index >= 15 is 0 Å². The average molecular weight is 354 g/mol. The van der Waals surface area contributed by atoms with E-state index in [2.05, 4.69) is 5.32 Å². The predicted octanol–water partition coefficient (Wildman–Crippen LogP) is 2.68. The summed E-state index contributed by atoms with van der Waals surface area (Å²) in [5.74, 6) is -1.66. The molecule has 5 nitrogen and oxygen atoms in total. The Hall–Kier alpha value is -1.73. The van der Waals surface area contributed by atoms with Crippen LogP contribution in [0, 0.1) is 17.6 Å². The second-order valence-corrected chi connectivity index (χ2v) is 6.75. The SMILES string of the molecule is O=C(CC(O)C1CCCC1)Nc1cc(F)c(N2CCOCC2)cc1F. The fourth-order valence-electron chi connectivity index (χ4n) is 3.58. The van der Waals surface area contributed by atoms with Gasteiger partial charge in [0.15, 0.2) is 0 Å². The van der Waals surface area contributed by atoms with Crippen molar-refractivity contribution < 1.29 is 23.4 Å². The van der Waals surface area contributed by atoms with E-state index in [9.17, 15) is 18.7 Å². The zero-order valence-corrected chi connectivity index (χ0v) is 14.1. The molecule has 2 N–H and O–H groups in total. The molecule has 138 valence electrons. The molecule has 1 unspecified atom stereocenters. The molecule has 1 aromatic carbocycles. The molecule has 1 saturated carbocycles. The highest BCUT2D eigenvalue weighted by atomic mass is 19.1. The molecule has 1 aliphatic heterocycles. The summed E-state index contributed by atoms with van der Waals surface area (Å²) in [6, 6.07) is 2.10. The monoisotopic (exact) mass is 354 g/mol. The van der Waals surface area contributed by atoms with E-state index in [0.717, 1.165) is 37.8 Å². The third kappa shape index (κ3) is 4.46. The number of aliphatic hydroxyl groups is 1. The van der Waals surface area contributed by atoms with Crippen LogP contribution >= 0.6 is 0 Å². The van der Waals surface area contributed by atoms with Gasteiger partial charge in [-0.05, 0) is 18.8 Å². The van der Waals surface area contributed by atoms with Crippen molar-refractivity contribution in [2.45, 2.75) is 38.2 Å². The van der Waals surface area contributed by atoms with Crippen LogP contribution < -0.4 is 10.2 Å². The van der Waals surface area contributed by atoms with Gasteiger partial charge in [-0.1, -0.05) is 12.8 Å². The summed E-state index contributed by atoms with van der Waals surface area (Å²) >= 11 is 0. The molecule has 1 atom stereocenters. The molecule has 0 spiro atoms. The van der Waals surface area contributed by atoms with Gasteiger partial charge in [-0.25, -0.2) is 8.78 Å². The maximum absolute atomic E-state index is 14.3. The molecule has 1 amide bonds. The molecule has 1 aliphatic carbocycles. The van der Waals surface area contributed by atoms with Crippen LogP contribution in [0.1, 0.15) is 32.1 Å². The van der Waals surface area contributed by atoms with Gasteiger partial charge in [0.1, 0.15) is 11.6 Å². The lowest BCUT2D eigenvalue weighted by molar-refractivity contribution is -0.118. The largest absolute Gasteiger partial charge is 0.392 e. The van der Waals surface area contributed by atoms with Gasteiger partial charge in [0, 0.05) is 25.2 Å². The van der Waals surface area contributed by atoms with Crippen LogP contribution in [-0.2, 0) is 9.53 Å². The van der Waals surface area contributed by atoms with Gasteiger partial charge in [0.25, 0.3) is 0 Å². The summed E-state index contributed by atoms with van der Waals surface area (Å²) in [6.45, 7) is 1.93. The van der Waals surface area contributed by atoms with Crippen LogP contribution in [0.2, 0.25) is 0 Å². The molecule has 0 radical (unpaired) electrons. The first-order chi connectivity index (χ1) is 12.0. The second kappa shape index (κ2) is 8.10. The smallest absolute Gasteiger partial charge is 0.227 e. The number of hydrogen-bond acceptors (Lipinski definition) is 4. The van der Waals surface area contributed by atoms with Gasteiger partial charge >= 0.3 is 0 Å². The van der Waals surface area contributed by atoms with Gasteiger partial charge in [0.2, 0.25) is 5.91 Å². The fraction of sp³-hybridized carbons (Fsp3) is 0.611. The summed E-state index contributed by atoms with van der Waals surface area (Å²) in [4.78, 5) is 13.8. The highest BCUT2D eigenvalue weighted by Crippen LogP contribution is 2.30. The average Bonchev–Trinajstić information content (AvgIpc) is 3.13. The van der Waals surface area contributed by atoms with E-state index in [1.807, 2.05) is 0 Å². The Morgan fingerprint density at radius 2 is 1.92 bits per heavy atom. The number of anilines is 2. The van der Waals surface area contributed by atoms with Crippen molar-refractivity contribution in [2.75, 3.05) is 36.5 Å². The van der Waals surface area contributed by atoms with Crippen LogP contribution in [0.15, 0.2) is 12.1 Å². The molecule has 1 aromatic rings. The lowest BCUT2D eigenvalue weighted by Gasteiger charge is -2.29. The van der Waals surface area contributed by atoms with Crippen molar-refractivity contribution in [3.63, 3.8) is 0 Å².